The normalized spacial score (nSPS) is 25.6. The van der Waals surface area contributed by atoms with Crippen LogP contribution in [-0.4, -0.2) is 11.3 Å². The van der Waals surface area contributed by atoms with Crippen LogP contribution in [0.3, 0.4) is 0 Å². The van der Waals surface area contributed by atoms with Crippen molar-refractivity contribution in [3.05, 3.63) is 11.1 Å². The summed E-state index contributed by atoms with van der Waals surface area (Å²) < 4.78 is 0. The SMILES string of the molecule is CC/C(C)=C1\CC(C)(C)N=C1C. The maximum atomic E-state index is 4.63. The molecule has 0 N–H and O–H groups in total. The minimum absolute atomic E-state index is 0.149. The average Bonchev–Trinajstić information content (AvgIpc) is 2.23. The van der Waals surface area contributed by atoms with Crippen molar-refractivity contribution in [2.45, 2.75) is 53.0 Å². The van der Waals surface area contributed by atoms with E-state index in [-0.39, 0.29) is 5.54 Å². The van der Waals surface area contributed by atoms with Crippen LogP contribution in [0.4, 0.5) is 0 Å². The lowest BCUT2D eigenvalue weighted by Gasteiger charge is -2.12. The van der Waals surface area contributed by atoms with Crippen molar-refractivity contribution in [3.63, 3.8) is 0 Å². The molecule has 0 saturated carbocycles. The molecule has 0 aliphatic carbocycles. The van der Waals surface area contributed by atoms with Crippen molar-refractivity contribution in [1.82, 2.24) is 0 Å². The molecule has 12 heavy (non-hydrogen) atoms. The predicted molar refractivity (Wildman–Crippen MR) is 54.8 cm³/mol. The Balaban J connectivity index is 2.96. The van der Waals surface area contributed by atoms with Gasteiger partial charge in [0.15, 0.2) is 0 Å². The molecule has 0 fully saturated rings. The molecule has 0 atom stereocenters. The Bertz CT molecular complexity index is 244. The van der Waals surface area contributed by atoms with E-state index in [4.69, 9.17) is 0 Å². The Morgan fingerprint density at radius 2 is 2.08 bits per heavy atom. The zero-order chi connectivity index (χ0) is 9.35. The Morgan fingerprint density at radius 1 is 1.50 bits per heavy atom. The van der Waals surface area contributed by atoms with Crippen LogP contribution in [0.2, 0.25) is 0 Å². The van der Waals surface area contributed by atoms with Gasteiger partial charge in [-0.3, -0.25) is 4.99 Å². The highest BCUT2D eigenvalue weighted by molar-refractivity contribution is 6.01. The van der Waals surface area contributed by atoms with E-state index in [1.54, 1.807) is 0 Å². The predicted octanol–water partition coefficient (Wildman–Crippen LogP) is 3.36. The van der Waals surface area contributed by atoms with Crippen molar-refractivity contribution in [2.75, 3.05) is 0 Å². The molecule has 1 nitrogen and oxygen atoms in total. The quantitative estimate of drug-likeness (QED) is 0.565. The highest BCUT2D eigenvalue weighted by Gasteiger charge is 2.27. The van der Waals surface area contributed by atoms with Crippen LogP contribution >= 0.6 is 0 Å². The van der Waals surface area contributed by atoms with E-state index in [0.29, 0.717) is 0 Å². The fourth-order valence-corrected chi connectivity index (χ4v) is 1.79. The van der Waals surface area contributed by atoms with Gasteiger partial charge in [0.05, 0.1) is 5.54 Å². The van der Waals surface area contributed by atoms with Crippen LogP contribution in [0.5, 0.6) is 0 Å². The van der Waals surface area contributed by atoms with Gasteiger partial charge in [0.1, 0.15) is 0 Å². The van der Waals surface area contributed by atoms with Crippen LogP contribution < -0.4 is 0 Å². The molecule has 1 heteroatoms. The summed E-state index contributed by atoms with van der Waals surface area (Å²) in [6.45, 7) is 11.0. The Labute approximate surface area is 75.6 Å². The first kappa shape index (κ1) is 9.50. The van der Waals surface area contributed by atoms with Crippen molar-refractivity contribution < 1.29 is 0 Å². The van der Waals surface area contributed by atoms with Gasteiger partial charge in [-0.05, 0) is 46.1 Å². The fraction of sp³-hybridized carbons (Fsp3) is 0.727. The van der Waals surface area contributed by atoms with Crippen LogP contribution in [0, 0.1) is 0 Å². The second-order valence-corrected chi connectivity index (χ2v) is 4.30. The van der Waals surface area contributed by atoms with Crippen molar-refractivity contribution >= 4 is 5.71 Å². The number of rotatable bonds is 1. The lowest BCUT2D eigenvalue weighted by molar-refractivity contribution is 0.545. The van der Waals surface area contributed by atoms with Gasteiger partial charge >= 0.3 is 0 Å². The largest absolute Gasteiger partial charge is 0.283 e. The highest BCUT2D eigenvalue weighted by Crippen LogP contribution is 2.31. The van der Waals surface area contributed by atoms with Crippen molar-refractivity contribution in [1.29, 1.82) is 0 Å². The summed E-state index contributed by atoms with van der Waals surface area (Å²) in [6, 6.07) is 0. The third-order valence-electron chi connectivity index (χ3n) is 2.56. The molecule has 0 spiro atoms. The lowest BCUT2D eigenvalue weighted by Crippen LogP contribution is -2.11. The van der Waals surface area contributed by atoms with Gasteiger partial charge in [0, 0.05) is 5.71 Å². The summed E-state index contributed by atoms with van der Waals surface area (Å²) in [5, 5.41) is 0. The van der Waals surface area contributed by atoms with Crippen LogP contribution in [-0.2, 0) is 0 Å². The van der Waals surface area contributed by atoms with Crippen molar-refractivity contribution in [3.8, 4) is 0 Å². The third-order valence-corrected chi connectivity index (χ3v) is 2.56. The molecule has 0 radical (unpaired) electrons. The van der Waals surface area contributed by atoms with Crippen LogP contribution in [0.25, 0.3) is 0 Å². The smallest absolute Gasteiger partial charge is 0.0596 e. The molecule has 0 aromatic carbocycles. The van der Waals surface area contributed by atoms with Gasteiger partial charge in [0.25, 0.3) is 0 Å². The molecule has 0 bridgehead atoms. The second-order valence-electron chi connectivity index (χ2n) is 4.30. The molecular formula is C11H19N. The molecule has 68 valence electrons. The minimum Gasteiger partial charge on any atom is -0.283 e. The van der Waals surface area contributed by atoms with E-state index in [2.05, 4.69) is 39.6 Å². The number of aliphatic imine (C=N–C) groups is 1. The summed E-state index contributed by atoms with van der Waals surface area (Å²) in [5.74, 6) is 0. The van der Waals surface area contributed by atoms with Gasteiger partial charge in [-0.1, -0.05) is 12.5 Å². The highest BCUT2D eigenvalue weighted by atomic mass is 14.9. The molecule has 0 unspecified atom stereocenters. The Hall–Kier alpha value is -0.590. The molecule has 1 heterocycles. The van der Waals surface area contributed by atoms with Gasteiger partial charge < -0.3 is 0 Å². The third kappa shape index (κ3) is 1.77. The number of hydrogen-bond donors (Lipinski definition) is 0. The number of nitrogens with zero attached hydrogens (tertiary/aromatic N) is 1. The first-order chi connectivity index (χ1) is 5.46. The second kappa shape index (κ2) is 3.04. The summed E-state index contributed by atoms with van der Waals surface area (Å²) in [5.41, 5.74) is 4.39. The van der Waals surface area contributed by atoms with Gasteiger partial charge in [-0.25, -0.2) is 0 Å². The zero-order valence-electron chi connectivity index (χ0n) is 8.86. The van der Waals surface area contributed by atoms with Crippen LogP contribution in [0.15, 0.2) is 16.1 Å². The molecule has 0 amide bonds. The Kier molecular flexibility index (Phi) is 2.41. The number of allylic oxidation sites excluding steroid dienone is 1. The first-order valence-corrected chi connectivity index (χ1v) is 4.71. The van der Waals surface area contributed by atoms with E-state index in [1.807, 2.05) is 0 Å². The standard InChI is InChI=1S/C11H19N/c1-6-8(2)10-7-11(4,5)12-9(10)3/h6-7H2,1-5H3/b10-8+. The molecule has 0 saturated heterocycles. The minimum atomic E-state index is 0.149. The van der Waals surface area contributed by atoms with E-state index in [9.17, 15) is 0 Å². The van der Waals surface area contributed by atoms with Gasteiger partial charge in [0.2, 0.25) is 0 Å². The maximum Gasteiger partial charge on any atom is 0.0596 e. The van der Waals surface area contributed by atoms with Gasteiger partial charge in [-0.15, -0.1) is 0 Å². The molecular weight excluding hydrogens is 146 g/mol. The molecule has 0 aromatic rings. The summed E-state index contributed by atoms with van der Waals surface area (Å²) in [7, 11) is 0. The fourth-order valence-electron chi connectivity index (χ4n) is 1.79. The maximum absolute atomic E-state index is 4.63. The molecule has 1 rings (SSSR count). The summed E-state index contributed by atoms with van der Waals surface area (Å²) in [4.78, 5) is 4.63. The molecule has 1 aliphatic rings. The molecule has 0 aromatic heterocycles. The van der Waals surface area contributed by atoms with E-state index < -0.39 is 0 Å². The molecule has 1 aliphatic heterocycles. The van der Waals surface area contributed by atoms with Crippen molar-refractivity contribution in [2.24, 2.45) is 4.99 Å². The van der Waals surface area contributed by atoms with E-state index in [1.165, 1.54) is 16.9 Å². The van der Waals surface area contributed by atoms with Crippen LogP contribution in [0.1, 0.15) is 47.5 Å². The van der Waals surface area contributed by atoms with Gasteiger partial charge in [-0.2, -0.15) is 0 Å². The topological polar surface area (TPSA) is 12.4 Å². The Morgan fingerprint density at radius 3 is 2.42 bits per heavy atom. The summed E-state index contributed by atoms with van der Waals surface area (Å²) >= 11 is 0. The average molecular weight is 165 g/mol. The van der Waals surface area contributed by atoms with E-state index >= 15 is 0 Å². The monoisotopic (exact) mass is 165 g/mol. The summed E-state index contributed by atoms with van der Waals surface area (Å²) in [6.07, 6.45) is 2.27. The zero-order valence-corrected chi connectivity index (χ0v) is 8.86. The number of hydrogen-bond acceptors (Lipinski definition) is 1. The van der Waals surface area contributed by atoms with E-state index in [0.717, 1.165) is 12.8 Å². The first-order valence-electron chi connectivity index (χ1n) is 4.71. The lowest BCUT2D eigenvalue weighted by atomic mass is 9.94.